The Labute approximate surface area is 133 Å². The number of carbonyl (C=O) groups excluding carboxylic acids is 1. The molecule has 5 nitrogen and oxygen atoms in total. The topological polar surface area (TPSA) is 59.6 Å². The van der Waals surface area contributed by atoms with E-state index in [4.69, 9.17) is 9.47 Å². The third-order valence-electron chi connectivity index (χ3n) is 3.13. The van der Waals surface area contributed by atoms with E-state index in [9.17, 15) is 18.0 Å². The fourth-order valence-electron chi connectivity index (χ4n) is 1.87. The SMILES string of the molecule is CCC(CC)NC(=O)Nc1ccc(OC)c(OCC(F)(F)F)c1. The van der Waals surface area contributed by atoms with Gasteiger partial charge in [-0.3, -0.25) is 0 Å². The molecule has 0 unspecified atom stereocenters. The smallest absolute Gasteiger partial charge is 0.422 e. The van der Waals surface area contributed by atoms with Gasteiger partial charge in [-0.1, -0.05) is 13.8 Å². The second-order valence-corrected chi connectivity index (χ2v) is 4.88. The van der Waals surface area contributed by atoms with Crippen molar-refractivity contribution in [3.8, 4) is 11.5 Å². The summed E-state index contributed by atoms with van der Waals surface area (Å²) in [6, 6.07) is 3.85. The zero-order valence-corrected chi connectivity index (χ0v) is 13.3. The third-order valence-corrected chi connectivity index (χ3v) is 3.13. The van der Waals surface area contributed by atoms with Crippen LogP contribution in [-0.4, -0.2) is 32.0 Å². The fourth-order valence-corrected chi connectivity index (χ4v) is 1.87. The van der Waals surface area contributed by atoms with E-state index in [0.717, 1.165) is 12.8 Å². The molecule has 0 aromatic heterocycles. The van der Waals surface area contributed by atoms with Gasteiger partial charge in [0.1, 0.15) is 0 Å². The van der Waals surface area contributed by atoms with Crippen LogP contribution in [0.15, 0.2) is 18.2 Å². The van der Waals surface area contributed by atoms with Crippen LogP contribution < -0.4 is 20.1 Å². The van der Waals surface area contributed by atoms with E-state index in [1.807, 2.05) is 13.8 Å². The molecule has 2 N–H and O–H groups in total. The highest BCUT2D eigenvalue weighted by atomic mass is 19.4. The van der Waals surface area contributed by atoms with Gasteiger partial charge < -0.3 is 20.1 Å². The molecule has 0 heterocycles. The Morgan fingerprint density at radius 3 is 2.39 bits per heavy atom. The first-order valence-corrected chi connectivity index (χ1v) is 7.24. The first kappa shape index (κ1) is 18.9. The van der Waals surface area contributed by atoms with Crippen LogP contribution in [-0.2, 0) is 0 Å². The highest BCUT2D eigenvalue weighted by Gasteiger charge is 2.29. The second kappa shape index (κ2) is 8.50. The average Bonchev–Trinajstić information content (AvgIpc) is 2.50. The van der Waals surface area contributed by atoms with E-state index in [2.05, 4.69) is 10.6 Å². The summed E-state index contributed by atoms with van der Waals surface area (Å²) in [5, 5.41) is 5.33. The predicted octanol–water partition coefficient (Wildman–Crippen LogP) is 3.95. The zero-order chi connectivity index (χ0) is 17.5. The summed E-state index contributed by atoms with van der Waals surface area (Å²) in [7, 11) is 1.32. The summed E-state index contributed by atoms with van der Waals surface area (Å²) in [6.07, 6.45) is -2.89. The van der Waals surface area contributed by atoms with Crippen LogP contribution in [0.3, 0.4) is 0 Å². The van der Waals surface area contributed by atoms with E-state index < -0.39 is 18.8 Å². The van der Waals surface area contributed by atoms with Crippen LogP contribution in [0.2, 0.25) is 0 Å². The molecule has 0 atom stereocenters. The lowest BCUT2D eigenvalue weighted by atomic mass is 10.2. The fraction of sp³-hybridized carbons (Fsp3) is 0.533. The maximum atomic E-state index is 12.3. The molecule has 0 bridgehead atoms. The first-order valence-electron chi connectivity index (χ1n) is 7.24. The van der Waals surface area contributed by atoms with Crippen LogP contribution in [0.25, 0.3) is 0 Å². The number of anilines is 1. The maximum absolute atomic E-state index is 12.3. The molecular formula is C15H21F3N2O3. The molecule has 0 aliphatic rings. The summed E-state index contributed by atoms with van der Waals surface area (Å²) in [4.78, 5) is 11.8. The molecule has 0 aliphatic heterocycles. The standard InChI is InChI=1S/C15H21F3N2O3/c1-4-10(5-2)19-14(21)20-11-6-7-12(22-3)13(8-11)23-9-15(16,17)18/h6-8,10H,4-5,9H2,1-3H3,(H2,19,20,21). The summed E-state index contributed by atoms with van der Waals surface area (Å²) >= 11 is 0. The molecule has 0 saturated heterocycles. The van der Waals surface area contributed by atoms with E-state index in [-0.39, 0.29) is 17.5 Å². The summed E-state index contributed by atoms with van der Waals surface area (Å²) in [6.45, 7) is 2.46. The molecule has 8 heteroatoms. The molecular weight excluding hydrogens is 313 g/mol. The minimum absolute atomic E-state index is 0.0363. The number of amides is 2. The molecule has 0 aliphatic carbocycles. The lowest BCUT2D eigenvalue weighted by Gasteiger charge is -2.17. The number of alkyl halides is 3. The summed E-state index contributed by atoms with van der Waals surface area (Å²) < 4.78 is 46.5. The molecule has 130 valence electrons. The van der Waals surface area contributed by atoms with Gasteiger partial charge in [-0.25, -0.2) is 4.79 Å². The predicted molar refractivity (Wildman–Crippen MR) is 81.1 cm³/mol. The van der Waals surface area contributed by atoms with Crippen LogP contribution >= 0.6 is 0 Å². The lowest BCUT2D eigenvalue weighted by molar-refractivity contribution is -0.153. The minimum atomic E-state index is -4.46. The summed E-state index contributed by atoms with van der Waals surface area (Å²) in [5.74, 6) is 0.0605. The molecule has 23 heavy (non-hydrogen) atoms. The van der Waals surface area contributed by atoms with Crippen molar-refractivity contribution in [3.05, 3.63) is 18.2 Å². The van der Waals surface area contributed by atoms with Gasteiger partial charge in [0.15, 0.2) is 18.1 Å². The first-order chi connectivity index (χ1) is 10.8. The van der Waals surface area contributed by atoms with Crippen molar-refractivity contribution >= 4 is 11.7 Å². The van der Waals surface area contributed by atoms with Gasteiger partial charge in [-0.2, -0.15) is 13.2 Å². The largest absolute Gasteiger partial charge is 0.493 e. The Balaban J connectivity index is 2.78. The number of urea groups is 1. The molecule has 2 amide bonds. The number of carbonyl (C=O) groups is 1. The lowest BCUT2D eigenvalue weighted by Crippen LogP contribution is -2.37. The van der Waals surface area contributed by atoms with Gasteiger partial charge in [0.25, 0.3) is 0 Å². The Morgan fingerprint density at radius 1 is 1.22 bits per heavy atom. The van der Waals surface area contributed by atoms with Crippen LogP contribution in [0, 0.1) is 0 Å². The number of ether oxygens (including phenoxy) is 2. The molecule has 0 spiro atoms. The number of hydrogen-bond donors (Lipinski definition) is 2. The molecule has 0 saturated carbocycles. The van der Waals surface area contributed by atoms with E-state index in [1.54, 1.807) is 0 Å². The van der Waals surface area contributed by atoms with E-state index in [1.165, 1.54) is 25.3 Å². The van der Waals surface area contributed by atoms with Crippen LogP contribution in [0.4, 0.5) is 23.7 Å². The van der Waals surface area contributed by atoms with Crippen molar-refractivity contribution in [1.29, 1.82) is 0 Å². The Hall–Kier alpha value is -2.12. The number of benzene rings is 1. The number of hydrogen-bond acceptors (Lipinski definition) is 3. The molecule has 1 aromatic rings. The Morgan fingerprint density at radius 2 is 1.87 bits per heavy atom. The number of methoxy groups -OCH3 is 1. The van der Waals surface area contributed by atoms with Crippen molar-refractivity contribution in [2.45, 2.75) is 38.9 Å². The van der Waals surface area contributed by atoms with E-state index in [0.29, 0.717) is 5.69 Å². The van der Waals surface area contributed by atoms with Crippen molar-refractivity contribution in [3.63, 3.8) is 0 Å². The third kappa shape index (κ3) is 6.66. The van der Waals surface area contributed by atoms with Crippen molar-refractivity contribution in [2.24, 2.45) is 0 Å². The van der Waals surface area contributed by atoms with Crippen LogP contribution in [0.1, 0.15) is 26.7 Å². The van der Waals surface area contributed by atoms with Gasteiger partial charge in [-0.05, 0) is 25.0 Å². The second-order valence-electron chi connectivity index (χ2n) is 4.88. The highest BCUT2D eigenvalue weighted by Crippen LogP contribution is 2.31. The quantitative estimate of drug-likeness (QED) is 0.794. The van der Waals surface area contributed by atoms with Gasteiger partial charge in [0.2, 0.25) is 0 Å². The van der Waals surface area contributed by atoms with Gasteiger partial charge in [0, 0.05) is 17.8 Å². The van der Waals surface area contributed by atoms with Gasteiger partial charge in [0.05, 0.1) is 7.11 Å². The van der Waals surface area contributed by atoms with Crippen LogP contribution in [0.5, 0.6) is 11.5 Å². The Bertz CT molecular complexity index is 517. The Kier molecular flexibility index (Phi) is 6.99. The molecule has 1 aromatic carbocycles. The number of rotatable bonds is 7. The molecule has 0 fully saturated rings. The highest BCUT2D eigenvalue weighted by molar-refractivity contribution is 5.89. The molecule has 0 radical (unpaired) electrons. The van der Waals surface area contributed by atoms with Crippen molar-refractivity contribution in [2.75, 3.05) is 19.0 Å². The van der Waals surface area contributed by atoms with Crippen molar-refractivity contribution < 1.29 is 27.4 Å². The summed E-state index contributed by atoms with van der Waals surface area (Å²) in [5.41, 5.74) is 0.312. The van der Waals surface area contributed by atoms with E-state index >= 15 is 0 Å². The normalized spacial score (nSPS) is 11.3. The monoisotopic (exact) mass is 334 g/mol. The minimum Gasteiger partial charge on any atom is -0.493 e. The van der Waals surface area contributed by atoms with Crippen molar-refractivity contribution in [1.82, 2.24) is 5.32 Å². The van der Waals surface area contributed by atoms with Gasteiger partial charge >= 0.3 is 12.2 Å². The zero-order valence-electron chi connectivity index (χ0n) is 13.3. The van der Waals surface area contributed by atoms with Gasteiger partial charge in [-0.15, -0.1) is 0 Å². The number of halogens is 3. The number of nitrogens with one attached hydrogen (secondary N) is 2. The average molecular weight is 334 g/mol. The molecule has 1 rings (SSSR count). The maximum Gasteiger partial charge on any atom is 0.422 e.